The second-order valence-corrected chi connectivity index (χ2v) is 10.4. The van der Waals surface area contributed by atoms with Crippen LogP contribution in [0.2, 0.25) is 0 Å². The number of carbonyl (C=O) groups excluding carboxylic acids is 1. The first-order valence-corrected chi connectivity index (χ1v) is 13.4. The molecule has 0 spiro atoms. The molecule has 0 unspecified atom stereocenters. The van der Waals surface area contributed by atoms with E-state index in [1.54, 1.807) is 29.1 Å². The van der Waals surface area contributed by atoms with Gasteiger partial charge in [-0.3, -0.25) is 24.1 Å². The van der Waals surface area contributed by atoms with Crippen LogP contribution < -0.4 is 10.9 Å². The Morgan fingerprint density at radius 2 is 1.71 bits per heavy atom. The van der Waals surface area contributed by atoms with Crippen molar-refractivity contribution in [2.24, 2.45) is 0 Å². The first kappa shape index (κ1) is 26.1. The van der Waals surface area contributed by atoms with E-state index < -0.39 is 0 Å². The van der Waals surface area contributed by atoms with Gasteiger partial charge in [0, 0.05) is 59.1 Å². The average molecular weight is 540 g/mol. The van der Waals surface area contributed by atoms with Crippen LogP contribution in [0.15, 0.2) is 108 Å². The minimum Gasteiger partial charge on any atom is -0.322 e. The van der Waals surface area contributed by atoms with Crippen LogP contribution in [-0.2, 0) is 4.79 Å². The number of rotatable bonds is 6. The molecule has 0 saturated carbocycles. The van der Waals surface area contributed by atoms with Gasteiger partial charge >= 0.3 is 0 Å². The van der Waals surface area contributed by atoms with Gasteiger partial charge in [-0.15, -0.1) is 0 Å². The molecular weight excluding hydrogens is 510 g/mol. The minimum absolute atomic E-state index is 0.167. The van der Waals surface area contributed by atoms with E-state index in [9.17, 15) is 9.59 Å². The lowest BCUT2D eigenvalue weighted by Gasteiger charge is -2.15. The SMILES string of the molecule is Cc1ccc(-n2c(=O)ccc3cnc4ccc(-c5ccc6ccncc6c5)cc4c32)cc1NC(=O)/C=C/CN(C)C. The van der Waals surface area contributed by atoms with Gasteiger partial charge in [0.1, 0.15) is 0 Å². The molecule has 3 aromatic carbocycles. The smallest absolute Gasteiger partial charge is 0.255 e. The highest BCUT2D eigenvalue weighted by molar-refractivity contribution is 6.06. The zero-order valence-corrected chi connectivity index (χ0v) is 23.1. The first-order valence-electron chi connectivity index (χ1n) is 13.4. The molecule has 1 amide bonds. The second kappa shape index (κ2) is 10.8. The summed E-state index contributed by atoms with van der Waals surface area (Å²) in [7, 11) is 3.89. The molecule has 202 valence electrons. The molecule has 7 heteroatoms. The molecule has 0 aliphatic heterocycles. The third-order valence-electron chi connectivity index (χ3n) is 7.17. The van der Waals surface area contributed by atoms with Crippen molar-refractivity contribution < 1.29 is 4.79 Å². The summed E-state index contributed by atoms with van der Waals surface area (Å²) in [5, 5.41) is 6.86. The van der Waals surface area contributed by atoms with Crippen LogP contribution in [0.4, 0.5) is 5.69 Å². The van der Waals surface area contributed by atoms with Gasteiger partial charge in [-0.2, -0.15) is 0 Å². The molecule has 0 atom stereocenters. The number of aromatic nitrogens is 3. The lowest BCUT2D eigenvalue weighted by Crippen LogP contribution is -2.18. The number of benzene rings is 3. The molecule has 7 nitrogen and oxygen atoms in total. The molecule has 1 N–H and O–H groups in total. The highest BCUT2D eigenvalue weighted by Gasteiger charge is 2.13. The van der Waals surface area contributed by atoms with E-state index in [1.165, 1.54) is 6.08 Å². The van der Waals surface area contributed by atoms with Crippen molar-refractivity contribution in [3.63, 3.8) is 0 Å². The quantitative estimate of drug-likeness (QED) is 0.204. The second-order valence-electron chi connectivity index (χ2n) is 10.4. The first-order chi connectivity index (χ1) is 19.9. The number of nitrogens with zero attached hydrogens (tertiary/aromatic N) is 4. The Morgan fingerprint density at radius 1 is 0.902 bits per heavy atom. The standard InChI is InChI=1S/C34H29N5O2/c1-22-6-11-28(19-31(22)37-32(40)5-4-16-38(2)3)39-33(41)13-10-26-21-36-30-12-9-25(18-29(30)34(26)39)24-8-7-23-14-15-35-20-27(23)17-24/h4-15,17-21H,16H2,1-3H3,(H,37,40)/b5-4+. The molecule has 41 heavy (non-hydrogen) atoms. The van der Waals surface area contributed by atoms with Gasteiger partial charge in [-0.25, -0.2) is 0 Å². The van der Waals surface area contributed by atoms with E-state index >= 15 is 0 Å². The molecule has 0 bridgehead atoms. The van der Waals surface area contributed by atoms with Crippen molar-refractivity contribution in [1.29, 1.82) is 0 Å². The molecule has 0 fully saturated rings. The van der Waals surface area contributed by atoms with Gasteiger partial charge in [0.15, 0.2) is 0 Å². The number of aryl methyl sites for hydroxylation is 1. The number of fused-ring (bicyclic) bond motifs is 4. The highest BCUT2D eigenvalue weighted by Crippen LogP contribution is 2.31. The molecule has 6 aromatic rings. The van der Waals surface area contributed by atoms with Gasteiger partial charge < -0.3 is 10.2 Å². The number of amides is 1. The average Bonchev–Trinajstić information content (AvgIpc) is 2.97. The zero-order valence-electron chi connectivity index (χ0n) is 23.1. The molecule has 3 aromatic heterocycles. The maximum absolute atomic E-state index is 13.4. The van der Waals surface area contributed by atoms with Crippen molar-refractivity contribution in [1.82, 2.24) is 19.4 Å². The van der Waals surface area contributed by atoms with E-state index in [1.807, 2.05) is 74.6 Å². The Labute approximate surface area is 237 Å². The Hall–Kier alpha value is -5.14. The third-order valence-corrected chi connectivity index (χ3v) is 7.17. The summed E-state index contributed by atoms with van der Waals surface area (Å²) >= 11 is 0. The number of anilines is 1. The van der Waals surface area contributed by atoms with Gasteiger partial charge in [0.05, 0.1) is 16.7 Å². The fraction of sp³-hybridized carbons (Fsp3) is 0.118. The van der Waals surface area contributed by atoms with Crippen molar-refractivity contribution >= 4 is 44.2 Å². The Kier molecular flexibility index (Phi) is 6.87. The van der Waals surface area contributed by atoms with E-state index in [2.05, 4.69) is 39.6 Å². The molecule has 0 aliphatic carbocycles. The largest absolute Gasteiger partial charge is 0.322 e. The van der Waals surface area contributed by atoms with Crippen LogP contribution in [0.25, 0.3) is 49.4 Å². The van der Waals surface area contributed by atoms with Crippen LogP contribution in [0, 0.1) is 6.92 Å². The predicted octanol–water partition coefficient (Wildman–Crippen LogP) is 6.12. The van der Waals surface area contributed by atoms with Crippen LogP contribution >= 0.6 is 0 Å². The third kappa shape index (κ3) is 5.23. The molecule has 0 aliphatic rings. The fourth-order valence-corrected chi connectivity index (χ4v) is 5.04. The van der Waals surface area contributed by atoms with Crippen molar-refractivity contribution in [2.75, 3.05) is 26.0 Å². The summed E-state index contributed by atoms with van der Waals surface area (Å²) in [5.41, 5.74) is 5.66. The Balaban J connectivity index is 1.49. The zero-order chi connectivity index (χ0) is 28.5. The molecule has 3 heterocycles. The molecule has 6 rings (SSSR count). The number of nitrogens with one attached hydrogen (secondary N) is 1. The van der Waals surface area contributed by atoms with Crippen LogP contribution in [0.1, 0.15) is 5.56 Å². The van der Waals surface area contributed by atoms with Gasteiger partial charge in [0.25, 0.3) is 5.56 Å². The van der Waals surface area contributed by atoms with E-state index in [0.29, 0.717) is 17.9 Å². The predicted molar refractivity (Wildman–Crippen MR) is 167 cm³/mol. The Morgan fingerprint density at radius 3 is 2.56 bits per heavy atom. The molecular formula is C34H29N5O2. The summed E-state index contributed by atoms with van der Waals surface area (Å²) in [4.78, 5) is 37.0. The minimum atomic E-state index is -0.220. The number of carbonyl (C=O) groups is 1. The topological polar surface area (TPSA) is 80.1 Å². The maximum Gasteiger partial charge on any atom is 0.255 e. The van der Waals surface area contributed by atoms with Crippen LogP contribution in [-0.4, -0.2) is 46.0 Å². The lowest BCUT2D eigenvalue weighted by atomic mass is 9.99. The summed E-state index contributed by atoms with van der Waals surface area (Å²) in [6.07, 6.45) is 8.78. The Bertz CT molecular complexity index is 2040. The van der Waals surface area contributed by atoms with Gasteiger partial charge in [0.2, 0.25) is 5.91 Å². The summed E-state index contributed by atoms with van der Waals surface area (Å²) in [6.45, 7) is 2.59. The van der Waals surface area contributed by atoms with Crippen LogP contribution in [0.5, 0.6) is 0 Å². The maximum atomic E-state index is 13.4. The molecule has 0 saturated heterocycles. The number of likely N-dealkylation sites (N-methyl/N-ethyl adjacent to an activating group) is 1. The summed E-state index contributed by atoms with van der Waals surface area (Å²) in [6, 6.07) is 23.4. The highest BCUT2D eigenvalue weighted by atomic mass is 16.1. The van der Waals surface area contributed by atoms with Gasteiger partial charge in [-0.1, -0.05) is 30.3 Å². The monoisotopic (exact) mass is 539 g/mol. The van der Waals surface area contributed by atoms with Crippen molar-refractivity contribution in [3.05, 3.63) is 119 Å². The lowest BCUT2D eigenvalue weighted by molar-refractivity contribution is -0.111. The fourth-order valence-electron chi connectivity index (χ4n) is 5.04. The van der Waals surface area contributed by atoms with E-state index in [0.717, 1.165) is 49.3 Å². The van der Waals surface area contributed by atoms with Crippen LogP contribution in [0.3, 0.4) is 0 Å². The summed E-state index contributed by atoms with van der Waals surface area (Å²) in [5.74, 6) is -0.220. The van der Waals surface area contributed by atoms with Crippen molar-refractivity contribution in [2.45, 2.75) is 6.92 Å². The summed E-state index contributed by atoms with van der Waals surface area (Å²) < 4.78 is 1.70. The molecule has 0 radical (unpaired) electrons. The number of hydrogen-bond acceptors (Lipinski definition) is 5. The number of hydrogen-bond donors (Lipinski definition) is 1. The van der Waals surface area contributed by atoms with Crippen molar-refractivity contribution in [3.8, 4) is 16.8 Å². The van der Waals surface area contributed by atoms with E-state index in [4.69, 9.17) is 0 Å². The normalized spacial score (nSPS) is 11.7. The van der Waals surface area contributed by atoms with E-state index in [-0.39, 0.29) is 11.5 Å². The van der Waals surface area contributed by atoms with Gasteiger partial charge in [-0.05, 0) is 85.6 Å². The number of pyridine rings is 3.